The molecule has 2 nitrogen and oxygen atoms in total. The van der Waals surface area contributed by atoms with Crippen LogP contribution in [0.1, 0.15) is 25.3 Å². The molecule has 1 aromatic carbocycles. The van der Waals surface area contributed by atoms with E-state index < -0.39 is 18.2 Å². The Labute approximate surface area is 134 Å². The van der Waals surface area contributed by atoms with E-state index in [1.807, 2.05) is 6.92 Å². The van der Waals surface area contributed by atoms with Crippen LogP contribution in [0, 0.1) is 25.2 Å². The van der Waals surface area contributed by atoms with E-state index in [0.717, 1.165) is 11.3 Å². The van der Waals surface area contributed by atoms with Gasteiger partial charge < -0.3 is 10.1 Å². The molecule has 0 aliphatic heterocycles. The molecular formula is C16H19ClF3NO. The van der Waals surface area contributed by atoms with Crippen LogP contribution >= 0.6 is 11.6 Å². The topological polar surface area (TPSA) is 21.3 Å². The second-order valence-corrected chi connectivity index (χ2v) is 5.49. The second kappa shape index (κ2) is 7.64. The average molecular weight is 334 g/mol. The largest absolute Gasteiger partial charge is 0.489 e. The van der Waals surface area contributed by atoms with Crippen molar-refractivity contribution in [3.05, 3.63) is 22.7 Å². The number of benzene rings is 1. The minimum absolute atomic E-state index is 0.00660. The molecule has 0 aromatic heterocycles. The van der Waals surface area contributed by atoms with Gasteiger partial charge in [-0.3, -0.25) is 0 Å². The third kappa shape index (κ3) is 4.74. The number of hydrogen-bond donors (Lipinski definition) is 1. The van der Waals surface area contributed by atoms with Gasteiger partial charge in [-0.05, 0) is 44.4 Å². The van der Waals surface area contributed by atoms with Crippen LogP contribution in [-0.2, 0) is 0 Å². The van der Waals surface area contributed by atoms with E-state index in [-0.39, 0.29) is 12.8 Å². The van der Waals surface area contributed by atoms with Crippen molar-refractivity contribution in [1.82, 2.24) is 0 Å². The van der Waals surface area contributed by atoms with Gasteiger partial charge >= 0.3 is 6.18 Å². The van der Waals surface area contributed by atoms with Crippen molar-refractivity contribution >= 4 is 17.3 Å². The Morgan fingerprint density at radius 2 is 1.91 bits per heavy atom. The lowest BCUT2D eigenvalue weighted by molar-refractivity contribution is -0.210. The molecule has 0 atom stereocenters. The Hall–Kier alpha value is -1.54. The van der Waals surface area contributed by atoms with E-state index in [4.69, 9.17) is 16.3 Å². The van der Waals surface area contributed by atoms with E-state index >= 15 is 0 Å². The van der Waals surface area contributed by atoms with Gasteiger partial charge in [0.15, 0.2) is 0 Å². The molecule has 1 aromatic rings. The molecule has 122 valence electrons. The summed E-state index contributed by atoms with van der Waals surface area (Å²) in [6, 6.07) is 3.46. The summed E-state index contributed by atoms with van der Waals surface area (Å²) in [6.45, 7) is 3.54. The van der Waals surface area contributed by atoms with Crippen LogP contribution in [0.15, 0.2) is 12.1 Å². The number of halogens is 4. The highest BCUT2D eigenvalue weighted by Gasteiger charge is 2.49. The molecule has 22 heavy (non-hydrogen) atoms. The zero-order valence-electron chi connectivity index (χ0n) is 12.7. The van der Waals surface area contributed by atoms with Crippen LogP contribution < -0.4 is 10.1 Å². The standard InChI is InChI=1S/C13H15ClF3NO.C3H4/c1-7-3-12(10(14)6-11(7)18-2)19-9-4-8(5-9)13(15,16)17;1-3-2/h3,6,8-9,18H,4-5H2,1-2H3;1H,2H3. The predicted octanol–water partition coefficient (Wildman–Crippen LogP) is 5.05. The highest BCUT2D eigenvalue weighted by molar-refractivity contribution is 6.32. The monoisotopic (exact) mass is 333 g/mol. The maximum absolute atomic E-state index is 12.4. The molecule has 0 bridgehead atoms. The molecular weight excluding hydrogens is 315 g/mol. The summed E-state index contributed by atoms with van der Waals surface area (Å²) in [5.41, 5.74) is 1.81. The van der Waals surface area contributed by atoms with Gasteiger partial charge in [0.2, 0.25) is 0 Å². The molecule has 0 heterocycles. The number of aryl methyl sites for hydroxylation is 1. The number of anilines is 1. The third-order valence-corrected chi connectivity index (χ3v) is 3.69. The van der Waals surface area contributed by atoms with Gasteiger partial charge in [-0.1, -0.05) is 11.6 Å². The van der Waals surface area contributed by atoms with E-state index in [1.54, 1.807) is 26.1 Å². The SMILES string of the molecule is C#CC.CNc1cc(Cl)c(OC2CC(C(F)(F)F)C2)cc1C. The molecule has 0 unspecified atom stereocenters. The third-order valence-electron chi connectivity index (χ3n) is 3.40. The number of alkyl halides is 3. The molecule has 1 aliphatic carbocycles. The number of rotatable bonds is 3. The van der Waals surface area contributed by atoms with Gasteiger partial charge in [0, 0.05) is 12.7 Å². The minimum atomic E-state index is -4.12. The molecule has 0 amide bonds. The summed E-state index contributed by atoms with van der Waals surface area (Å²) in [4.78, 5) is 0. The first-order chi connectivity index (χ1) is 10.2. The van der Waals surface area contributed by atoms with E-state index in [1.165, 1.54) is 0 Å². The fourth-order valence-electron chi connectivity index (χ4n) is 2.12. The zero-order chi connectivity index (χ0) is 16.9. The summed E-state index contributed by atoms with van der Waals surface area (Å²) < 4.78 is 42.6. The first-order valence-electron chi connectivity index (χ1n) is 6.81. The van der Waals surface area contributed by atoms with E-state index in [2.05, 4.69) is 17.7 Å². The fraction of sp³-hybridized carbons (Fsp3) is 0.500. The van der Waals surface area contributed by atoms with Crippen molar-refractivity contribution in [3.63, 3.8) is 0 Å². The van der Waals surface area contributed by atoms with Crippen LogP contribution in [0.5, 0.6) is 5.75 Å². The van der Waals surface area contributed by atoms with Crippen molar-refractivity contribution in [2.24, 2.45) is 5.92 Å². The average Bonchev–Trinajstić information content (AvgIpc) is 2.36. The van der Waals surface area contributed by atoms with Crippen molar-refractivity contribution in [1.29, 1.82) is 0 Å². The van der Waals surface area contributed by atoms with Crippen molar-refractivity contribution in [3.8, 4) is 18.1 Å². The Morgan fingerprint density at radius 3 is 2.36 bits per heavy atom. The minimum Gasteiger partial charge on any atom is -0.489 e. The molecule has 0 spiro atoms. The molecule has 2 rings (SSSR count). The Kier molecular flexibility index (Phi) is 6.43. The second-order valence-electron chi connectivity index (χ2n) is 5.09. The van der Waals surface area contributed by atoms with E-state index in [0.29, 0.717) is 10.8 Å². The number of nitrogens with one attached hydrogen (secondary N) is 1. The van der Waals surface area contributed by atoms with Crippen LogP contribution in [0.3, 0.4) is 0 Å². The summed E-state index contributed by atoms with van der Waals surface area (Å²) >= 11 is 6.04. The summed E-state index contributed by atoms with van der Waals surface area (Å²) in [6.07, 6.45) is 0.0958. The number of terminal acetylenes is 1. The van der Waals surface area contributed by atoms with Crippen LogP contribution in [-0.4, -0.2) is 19.3 Å². The number of ether oxygens (including phenoxy) is 1. The molecule has 1 N–H and O–H groups in total. The highest BCUT2D eigenvalue weighted by Crippen LogP contribution is 2.43. The summed E-state index contributed by atoms with van der Waals surface area (Å²) in [5, 5.41) is 3.39. The quantitative estimate of drug-likeness (QED) is 0.782. The van der Waals surface area contributed by atoms with Crippen LogP contribution in [0.4, 0.5) is 18.9 Å². The van der Waals surface area contributed by atoms with Crippen LogP contribution in [0.25, 0.3) is 0 Å². The van der Waals surface area contributed by atoms with Crippen molar-refractivity contribution in [2.75, 3.05) is 12.4 Å². The molecule has 6 heteroatoms. The van der Waals surface area contributed by atoms with Crippen LogP contribution in [0.2, 0.25) is 5.02 Å². The number of hydrogen-bond acceptors (Lipinski definition) is 2. The van der Waals surface area contributed by atoms with Gasteiger partial charge in [-0.2, -0.15) is 13.2 Å². The van der Waals surface area contributed by atoms with Gasteiger partial charge in [-0.15, -0.1) is 12.3 Å². The van der Waals surface area contributed by atoms with Crippen molar-refractivity contribution in [2.45, 2.75) is 39.0 Å². The lowest BCUT2D eigenvalue weighted by Crippen LogP contribution is -2.42. The lowest BCUT2D eigenvalue weighted by atomic mass is 9.82. The van der Waals surface area contributed by atoms with Gasteiger partial charge in [0.05, 0.1) is 17.0 Å². The maximum atomic E-state index is 12.4. The first-order valence-corrected chi connectivity index (χ1v) is 7.19. The fourth-order valence-corrected chi connectivity index (χ4v) is 2.33. The van der Waals surface area contributed by atoms with E-state index in [9.17, 15) is 13.2 Å². The van der Waals surface area contributed by atoms with Gasteiger partial charge in [0.25, 0.3) is 0 Å². The maximum Gasteiger partial charge on any atom is 0.392 e. The predicted molar refractivity (Wildman–Crippen MR) is 83.4 cm³/mol. The lowest BCUT2D eigenvalue weighted by Gasteiger charge is -2.36. The summed E-state index contributed by atoms with van der Waals surface area (Å²) in [7, 11) is 1.78. The van der Waals surface area contributed by atoms with Gasteiger partial charge in [0.1, 0.15) is 5.75 Å². The molecule has 0 radical (unpaired) electrons. The molecule has 1 saturated carbocycles. The Balaban J connectivity index is 0.000000745. The van der Waals surface area contributed by atoms with Gasteiger partial charge in [-0.25, -0.2) is 0 Å². The smallest absolute Gasteiger partial charge is 0.392 e. The zero-order valence-corrected chi connectivity index (χ0v) is 13.5. The Morgan fingerprint density at radius 1 is 1.36 bits per heavy atom. The molecule has 1 fully saturated rings. The normalized spacial score (nSPS) is 20.1. The Bertz CT molecular complexity index is 546. The summed E-state index contributed by atoms with van der Waals surface area (Å²) in [5.74, 6) is 1.46. The van der Waals surface area contributed by atoms with Crippen molar-refractivity contribution < 1.29 is 17.9 Å². The molecule has 0 saturated heterocycles. The first kappa shape index (κ1) is 18.5. The highest BCUT2D eigenvalue weighted by atomic mass is 35.5. The molecule has 1 aliphatic rings.